The zero-order valence-corrected chi connectivity index (χ0v) is 8.99. The molecule has 0 aromatic rings. The van der Waals surface area contributed by atoms with Crippen LogP contribution >= 0.6 is 34.8 Å². The summed E-state index contributed by atoms with van der Waals surface area (Å²) in [4.78, 5) is 10.4. The second-order valence-electron chi connectivity index (χ2n) is 2.31. The van der Waals surface area contributed by atoms with Crippen LogP contribution in [0, 0.1) is 0 Å². The van der Waals surface area contributed by atoms with Crippen molar-refractivity contribution in [2.24, 2.45) is 0 Å². The van der Waals surface area contributed by atoms with Gasteiger partial charge in [-0.2, -0.15) is 0 Å². The highest BCUT2D eigenvalue weighted by Gasteiger charge is 2.15. The molecular weight excluding hydrogens is 222 g/mol. The van der Waals surface area contributed by atoms with Gasteiger partial charge in [0.05, 0.1) is 7.11 Å². The van der Waals surface area contributed by atoms with Crippen molar-refractivity contribution in [3.05, 3.63) is 0 Å². The lowest BCUT2D eigenvalue weighted by Gasteiger charge is -2.06. The minimum atomic E-state index is -0.581. The fourth-order valence-corrected chi connectivity index (χ4v) is 1.25. The molecule has 0 aliphatic heterocycles. The van der Waals surface area contributed by atoms with Gasteiger partial charge in [-0.1, -0.05) is 0 Å². The summed E-state index contributed by atoms with van der Waals surface area (Å²) in [5, 5.41) is -0.581. The first-order chi connectivity index (χ1) is 5.57. The lowest BCUT2D eigenvalue weighted by molar-refractivity contribution is -0.140. The summed E-state index contributed by atoms with van der Waals surface area (Å²) in [6, 6.07) is 0. The number of esters is 1. The Balaban J connectivity index is 3.43. The number of ether oxygens (including phenoxy) is 1. The molecule has 0 fully saturated rings. The zero-order chi connectivity index (χ0) is 9.56. The van der Waals surface area contributed by atoms with E-state index in [9.17, 15) is 4.79 Å². The molecule has 1 atom stereocenters. The third kappa shape index (κ3) is 5.92. The van der Waals surface area contributed by atoms with Crippen LogP contribution in [0.1, 0.15) is 19.3 Å². The monoisotopic (exact) mass is 232 g/mol. The van der Waals surface area contributed by atoms with Gasteiger partial charge in [0.25, 0.3) is 0 Å². The van der Waals surface area contributed by atoms with E-state index in [0.29, 0.717) is 12.8 Å². The predicted molar refractivity (Wildman–Crippen MR) is 51.0 cm³/mol. The molecule has 0 spiro atoms. The SMILES string of the molecule is COC(=O)C(Cl)CCCC(Cl)Cl. The molecule has 0 amide bonds. The molecule has 0 saturated carbocycles. The van der Waals surface area contributed by atoms with Crippen LogP contribution in [0.4, 0.5) is 0 Å². The number of hydrogen-bond acceptors (Lipinski definition) is 2. The molecule has 0 aliphatic carbocycles. The molecular formula is C7H11Cl3O2. The quantitative estimate of drug-likeness (QED) is 0.539. The number of alkyl halides is 3. The summed E-state index contributed by atoms with van der Waals surface area (Å²) in [6.07, 6.45) is 1.91. The van der Waals surface area contributed by atoms with Crippen LogP contribution in [-0.2, 0) is 9.53 Å². The lowest BCUT2D eigenvalue weighted by atomic mass is 10.2. The Hall–Kier alpha value is 0.340. The molecule has 0 radical (unpaired) electrons. The largest absolute Gasteiger partial charge is 0.468 e. The van der Waals surface area contributed by atoms with E-state index in [1.54, 1.807) is 0 Å². The summed E-state index contributed by atoms with van der Waals surface area (Å²) in [5.74, 6) is -0.405. The van der Waals surface area contributed by atoms with Crippen LogP contribution in [0.25, 0.3) is 0 Å². The van der Waals surface area contributed by atoms with E-state index < -0.39 is 11.3 Å². The van der Waals surface area contributed by atoms with E-state index in [4.69, 9.17) is 34.8 Å². The Bertz CT molecular complexity index is 139. The molecule has 12 heavy (non-hydrogen) atoms. The van der Waals surface area contributed by atoms with E-state index in [-0.39, 0.29) is 4.84 Å². The fourth-order valence-electron chi connectivity index (χ4n) is 0.697. The van der Waals surface area contributed by atoms with E-state index in [0.717, 1.165) is 6.42 Å². The standard InChI is InChI=1S/C7H11Cl3O2/c1-12-7(11)5(8)3-2-4-6(9)10/h5-6H,2-4H2,1H3. The van der Waals surface area contributed by atoms with E-state index >= 15 is 0 Å². The topological polar surface area (TPSA) is 26.3 Å². The second-order valence-corrected chi connectivity index (χ2v) is 4.12. The first-order valence-electron chi connectivity index (χ1n) is 3.58. The Morgan fingerprint density at radius 2 is 1.92 bits per heavy atom. The van der Waals surface area contributed by atoms with Gasteiger partial charge in [-0.15, -0.1) is 34.8 Å². The molecule has 0 aromatic heterocycles. The summed E-state index contributed by atoms with van der Waals surface area (Å²) in [6.45, 7) is 0. The zero-order valence-electron chi connectivity index (χ0n) is 6.73. The van der Waals surface area contributed by atoms with Crippen molar-refractivity contribution >= 4 is 40.8 Å². The number of carbonyl (C=O) groups is 1. The summed E-state index contributed by atoms with van der Waals surface area (Å²) in [5.41, 5.74) is 0. The van der Waals surface area contributed by atoms with Gasteiger partial charge >= 0.3 is 5.97 Å². The number of carbonyl (C=O) groups excluding carboxylic acids is 1. The van der Waals surface area contributed by atoms with Crippen molar-refractivity contribution in [3.63, 3.8) is 0 Å². The molecule has 5 heteroatoms. The molecule has 0 aliphatic rings. The molecule has 0 saturated heterocycles. The van der Waals surface area contributed by atoms with Crippen LogP contribution in [-0.4, -0.2) is 23.3 Å². The third-order valence-electron chi connectivity index (χ3n) is 1.34. The van der Waals surface area contributed by atoms with Crippen LogP contribution in [0.3, 0.4) is 0 Å². The highest BCUT2D eigenvalue weighted by atomic mass is 35.5. The lowest BCUT2D eigenvalue weighted by Crippen LogP contribution is -2.15. The molecule has 0 bridgehead atoms. The van der Waals surface area contributed by atoms with Crippen molar-refractivity contribution in [2.45, 2.75) is 29.5 Å². The maximum atomic E-state index is 10.8. The maximum absolute atomic E-state index is 10.8. The number of hydrogen-bond donors (Lipinski definition) is 0. The molecule has 0 N–H and O–H groups in total. The minimum absolute atomic E-state index is 0.383. The van der Waals surface area contributed by atoms with Crippen molar-refractivity contribution < 1.29 is 9.53 Å². The normalized spacial score (nSPS) is 13.1. The van der Waals surface area contributed by atoms with Crippen LogP contribution in [0.2, 0.25) is 0 Å². The van der Waals surface area contributed by atoms with Crippen LogP contribution < -0.4 is 0 Å². The van der Waals surface area contributed by atoms with Crippen LogP contribution in [0.15, 0.2) is 0 Å². The van der Waals surface area contributed by atoms with Crippen LogP contribution in [0.5, 0.6) is 0 Å². The Kier molecular flexibility index (Phi) is 7.01. The molecule has 1 unspecified atom stereocenters. The minimum Gasteiger partial charge on any atom is -0.468 e. The number of rotatable bonds is 5. The Labute approximate surface area is 87.1 Å². The van der Waals surface area contributed by atoms with E-state index in [2.05, 4.69) is 4.74 Å². The summed E-state index contributed by atoms with van der Waals surface area (Å²) >= 11 is 16.6. The van der Waals surface area contributed by atoms with Gasteiger partial charge in [0.1, 0.15) is 10.2 Å². The van der Waals surface area contributed by atoms with E-state index in [1.165, 1.54) is 7.11 Å². The van der Waals surface area contributed by atoms with Crippen molar-refractivity contribution in [3.8, 4) is 0 Å². The smallest absolute Gasteiger partial charge is 0.323 e. The predicted octanol–water partition coefficient (Wildman–Crippen LogP) is 2.74. The van der Waals surface area contributed by atoms with Gasteiger partial charge in [0, 0.05) is 0 Å². The van der Waals surface area contributed by atoms with Gasteiger partial charge in [0.15, 0.2) is 0 Å². The Morgan fingerprint density at radius 3 is 2.33 bits per heavy atom. The summed E-state index contributed by atoms with van der Waals surface area (Å²) < 4.78 is 4.43. The second kappa shape index (κ2) is 6.81. The molecule has 72 valence electrons. The Morgan fingerprint density at radius 1 is 1.33 bits per heavy atom. The fraction of sp³-hybridized carbons (Fsp3) is 0.857. The summed E-state index contributed by atoms with van der Waals surface area (Å²) in [7, 11) is 1.31. The molecule has 2 nitrogen and oxygen atoms in total. The van der Waals surface area contributed by atoms with Gasteiger partial charge < -0.3 is 4.74 Å². The van der Waals surface area contributed by atoms with Crippen molar-refractivity contribution in [2.75, 3.05) is 7.11 Å². The van der Waals surface area contributed by atoms with E-state index in [1.807, 2.05) is 0 Å². The highest BCUT2D eigenvalue weighted by Crippen LogP contribution is 2.15. The van der Waals surface area contributed by atoms with Gasteiger partial charge in [0.2, 0.25) is 0 Å². The average molecular weight is 234 g/mol. The number of halogens is 3. The average Bonchev–Trinajstić information content (AvgIpc) is 2.02. The maximum Gasteiger partial charge on any atom is 0.323 e. The molecule has 0 aromatic carbocycles. The van der Waals surface area contributed by atoms with Crippen molar-refractivity contribution in [1.82, 2.24) is 0 Å². The molecule has 0 rings (SSSR count). The first kappa shape index (κ1) is 12.3. The molecule has 0 heterocycles. The first-order valence-corrected chi connectivity index (χ1v) is 4.89. The number of methoxy groups -OCH3 is 1. The van der Waals surface area contributed by atoms with Crippen molar-refractivity contribution in [1.29, 1.82) is 0 Å². The van der Waals surface area contributed by atoms with Gasteiger partial charge in [-0.3, -0.25) is 4.79 Å². The van der Waals surface area contributed by atoms with Gasteiger partial charge in [-0.25, -0.2) is 0 Å². The highest BCUT2D eigenvalue weighted by molar-refractivity contribution is 6.44. The van der Waals surface area contributed by atoms with Gasteiger partial charge in [-0.05, 0) is 19.3 Å². The third-order valence-corrected chi connectivity index (χ3v) is 2.17.